The van der Waals surface area contributed by atoms with Crippen LogP contribution in [0.4, 0.5) is 0 Å². The van der Waals surface area contributed by atoms with Crippen molar-refractivity contribution < 1.29 is 5.11 Å². The SMILES string of the molecule is NC[C@@]1(CO)C[C@H]1c1ccc(Cl)cc1Cl. The number of aliphatic hydroxyl groups is 1. The monoisotopic (exact) mass is 245 g/mol. The number of hydrogen-bond acceptors (Lipinski definition) is 2. The van der Waals surface area contributed by atoms with E-state index in [1.54, 1.807) is 6.07 Å². The minimum atomic E-state index is -0.155. The molecule has 2 nitrogen and oxygen atoms in total. The third-order valence-electron chi connectivity index (χ3n) is 3.25. The topological polar surface area (TPSA) is 46.2 Å². The predicted octanol–water partition coefficient (Wildman–Crippen LogP) is 2.42. The molecular formula is C11H13Cl2NO. The smallest absolute Gasteiger partial charge is 0.0505 e. The molecule has 3 N–H and O–H groups in total. The summed E-state index contributed by atoms with van der Waals surface area (Å²) in [5.74, 6) is 0.275. The quantitative estimate of drug-likeness (QED) is 0.860. The molecule has 1 aliphatic carbocycles. The predicted molar refractivity (Wildman–Crippen MR) is 62.4 cm³/mol. The maximum atomic E-state index is 9.28. The van der Waals surface area contributed by atoms with Gasteiger partial charge in [-0.1, -0.05) is 29.3 Å². The highest BCUT2D eigenvalue weighted by Gasteiger charge is 2.53. The van der Waals surface area contributed by atoms with E-state index in [0.717, 1.165) is 12.0 Å². The molecule has 0 radical (unpaired) electrons. The van der Waals surface area contributed by atoms with E-state index in [1.165, 1.54) is 0 Å². The lowest BCUT2D eigenvalue weighted by Crippen LogP contribution is -2.21. The van der Waals surface area contributed by atoms with Crippen LogP contribution in [0.1, 0.15) is 17.9 Å². The van der Waals surface area contributed by atoms with Crippen LogP contribution in [0.25, 0.3) is 0 Å². The van der Waals surface area contributed by atoms with E-state index in [2.05, 4.69) is 0 Å². The lowest BCUT2D eigenvalue weighted by Gasteiger charge is -2.12. The Morgan fingerprint density at radius 1 is 1.47 bits per heavy atom. The Kier molecular flexibility index (Phi) is 2.95. The lowest BCUT2D eigenvalue weighted by molar-refractivity contribution is 0.211. The molecule has 1 aromatic rings. The van der Waals surface area contributed by atoms with Gasteiger partial charge in [0, 0.05) is 22.0 Å². The summed E-state index contributed by atoms with van der Waals surface area (Å²) in [6, 6.07) is 5.47. The minimum absolute atomic E-state index is 0.118. The number of nitrogens with two attached hydrogens (primary N) is 1. The van der Waals surface area contributed by atoms with E-state index in [4.69, 9.17) is 28.9 Å². The van der Waals surface area contributed by atoms with Crippen LogP contribution in [0, 0.1) is 5.41 Å². The fourth-order valence-electron chi connectivity index (χ4n) is 2.04. The lowest BCUT2D eigenvalue weighted by atomic mass is 10.00. The molecule has 0 aromatic heterocycles. The number of rotatable bonds is 3. The van der Waals surface area contributed by atoms with Gasteiger partial charge in [0.25, 0.3) is 0 Å². The van der Waals surface area contributed by atoms with E-state index in [-0.39, 0.29) is 17.9 Å². The van der Waals surface area contributed by atoms with Crippen molar-refractivity contribution in [3.8, 4) is 0 Å². The Balaban J connectivity index is 2.26. The number of benzene rings is 1. The number of aliphatic hydroxyl groups excluding tert-OH is 1. The summed E-state index contributed by atoms with van der Waals surface area (Å²) >= 11 is 11.9. The molecule has 1 fully saturated rings. The first-order chi connectivity index (χ1) is 7.13. The summed E-state index contributed by atoms with van der Waals surface area (Å²) in [7, 11) is 0. The van der Waals surface area contributed by atoms with Crippen molar-refractivity contribution in [2.75, 3.05) is 13.2 Å². The summed E-state index contributed by atoms with van der Waals surface area (Å²) in [5.41, 5.74) is 6.54. The zero-order chi connectivity index (χ0) is 11.1. The normalized spacial score (nSPS) is 29.2. The van der Waals surface area contributed by atoms with Gasteiger partial charge in [-0.2, -0.15) is 0 Å². The van der Waals surface area contributed by atoms with Crippen LogP contribution in [-0.2, 0) is 0 Å². The van der Waals surface area contributed by atoms with Gasteiger partial charge < -0.3 is 10.8 Å². The molecule has 0 unspecified atom stereocenters. The molecular weight excluding hydrogens is 233 g/mol. The first kappa shape index (κ1) is 11.2. The van der Waals surface area contributed by atoms with E-state index >= 15 is 0 Å². The average Bonchev–Trinajstić information content (AvgIpc) is 2.93. The second-order valence-corrected chi connectivity index (χ2v) is 4.99. The van der Waals surface area contributed by atoms with Crippen LogP contribution in [0.3, 0.4) is 0 Å². The fourth-order valence-corrected chi connectivity index (χ4v) is 2.58. The van der Waals surface area contributed by atoms with Crippen molar-refractivity contribution in [2.24, 2.45) is 11.1 Å². The second kappa shape index (κ2) is 3.95. The highest BCUT2D eigenvalue weighted by Crippen LogP contribution is 2.59. The Bertz CT molecular complexity index is 377. The molecule has 0 bridgehead atoms. The van der Waals surface area contributed by atoms with Gasteiger partial charge in [0.1, 0.15) is 0 Å². The molecule has 15 heavy (non-hydrogen) atoms. The molecule has 1 saturated carbocycles. The fraction of sp³-hybridized carbons (Fsp3) is 0.455. The summed E-state index contributed by atoms with van der Waals surface area (Å²) < 4.78 is 0. The number of hydrogen-bond donors (Lipinski definition) is 2. The van der Waals surface area contributed by atoms with E-state index < -0.39 is 0 Å². The van der Waals surface area contributed by atoms with Gasteiger partial charge in [-0.25, -0.2) is 0 Å². The van der Waals surface area contributed by atoms with Gasteiger partial charge in [-0.3, -0.25) is 0 Å². The van der Waals surface area contributed by atoms with Gasteiger partial charge in [0.05, 0.1) is 6.61 Å². The summed E-state index contributed by atoms with van der Waals surface area (Å²) in [6.07, 6.45) is 0.904. The van der Waals surface area contributed by atoms with Crippen LogP contribution < -0.4 is 5.73 Å². The van der Waals surface area contributed by atoms with Crippen molar-refractivity contribution in [3.63, 3.8) is 0 Å². The van der Waals surface area contributed by atoms with Gasteiger partial charge >= 0.3 is 0 Å². The Morgan fingerprint density at radius 3 is 2.67 bits per heavy atom. The van der Waals surface area contributed by atoms with Crippen molar-refractivity contribution in [1.29, 1.82) is 0 Å². The van der Waals surface area contributed by atoms with Crippen LogP contribution in [-0.4, -0.2) is 18.3 Å². The Hall–Kier alpha value is -0.280. The molecule has 0 aliphatic heterocycles. The standard InChI is InChI=1S/C11H13Cl2NO/c12-7-1-2-8(10(13)3-7)9-4-11(9,5-14)6-15/h1-3,9,15H,4-6,14H2/t9-,11+/m0/s1. The Morgan fingerprint density at radius 2 is 2.20 bits per heavy atom. The molecule has 4 heteroatoms. The van der Waals surface area contributed by atoms with Crippen LogP contribution in [0.5, 0.6) is 0 Å². The van der Waals surface area contributed by atoms with E-state index in [9.17, 15) is 5.11 Å². The van der Waals surface area contributed by atoms with E-state index in [1.807, 2.05) is 12.1 Å². The van der Waals surface area contributed by atoms with Gasteiger partial charge in [-0.05, 0) is 30.0 Å². The third kappa shape index (κ3) is 1.87. The number of halogens is 2. The van der Waals surface area contributed by atoms with Crippen LogP contribution >= 0.6 is 23.2 Å². The van der Waals surface area contributed by atoms with Crippen molar-refractivity contribution in [3.05, 3.63) is 33.8 Å². The largest absolute Gasteiger partial charge is 0.396 e. The van der Waals surface area contributed by atoms with Gasteiger partial charge in [0.15, 0.2) is 0 Å². The maximum absolute atomic E-state index is 9.28. The summed E-state index contributed by atoms with van der Waals surface area (Å²) in [5, 5.41) is 10.6. The molecule has 2 atom stereocenters. The molecule has 0 saturated heterocycles. The van der Waals surface area contributed by atoms with Gasteiger partial charge in [-0.15, -0.1) is 0 Å². The molecule has 1 aliphatic rings. The minimum Gasteiger partial charge on any atom is -0.396 e. The molecule has 82 valence electrons. The Labute approximate surface area is 99.0 Å². The third-order valence-corrected chi connectivity index (χ3v) is 3.81. The second-order valence-electron chi connectivity index (χ2n) is 4.15. The van der Waals surface area contributed by atoms with Crippen molar-refractivity contribution >= 4 is 23.2 Å². The molecule has 2 rings (SSSR count). The first-order valence-electron chi connectivity index (χ1n) is 4.89. The highest BCUT2D eigenvalue weighted by molar-refractivity contribution is 6.35. The highest BCUT2D eigenvalue weighted by atomic mass is 35.5. The first-order valence-corrected chi connectivity index (χ1v) is 5.64. The zero-order valence-electron chi connectivity index (χ0n) is 8.21. The zero-order valence-corrected chi connectivity index (χ0v) is 9.72. The van der Waals surface area contributed by atoms with Crippen molar-refractivity contribution in [2.45, 2.75) is 12.3 Å². The molecule has 0 spiro atoms. The maximum Gasteiger partial charge on any atom is 0.0505 e. The van der Waals surface area contributed by atoms with Gasteiger partial charge in [0.2, 0.25) is 0 Å². The average molecular weight is 246 g/mol. The van der Waals surface area contributed by atoms with Crippen molar-refractivity contribution in [1.82, 2.24) is 0 Å². The van der Waals surface area contributed by atoms with Crippen LogP contribution in [0.15, 0.2) is 18.2 Å². The van der Waals surface area contributed by atoms with Crippen LogP contribution in [0.2, 0.25) is 10.0 Å². The molecule has 0 amide bonds. The molecule has 1 aromatic carbocycles. The summed E-state index contributed by atoms with van der Waals surface area (Å²) in [4.78, 5) is 0. The summed E-state index contributed by atoms with van der Waals surface area (Å²) in [6.45, 7) is 0.611. The molecule has 0 heterocycles. The van der Waals surface area contributed by atoms with E-state index in [0.29, 0.717) is 16.6 Å².